The second-order valence-corrected chi connectivity index (χ2v) is 16.0. The molecule has 0 saturated carbocycles. The average Bonchev–Trinajstić information content (AvgIpc) is 3.05. The van der Waals surface area contributed by atoms with Crippen molar-refractivity contribution in [1.29, 1.82) is 0 Å². The highest BCUT2D eigenvalue weighted by Crippen LogP contribution is 2.30. The molecule has 45 heavy (non-hydrogen) atoms. The second kappa shape index (κ2) is 26.1. The maximum atomic E-state index is 12.6. The lowest BCUT2D eigenvalue weighted by atomic mass is 9.95. The van der Waals surface area contributed by atoms with Crippen LogP contribution in [0, 0.1) is 0 Å². The van der Waals surface area contributed by atoms with E-state index in [1.165, 1.54) is 48.1 Å². The molecule has 0 radical (unpaired) electrons. The van der Waals surface area contributed by atoms with Gasteiger partial charge in [-0.2, -0.15) is 12.6 Å². The van der Waals surface area contributed by atoms with Gasteiger partial charge in [0.15, 0.2) is 5.12 Å². The lowest BCUT2D eigenvalue weighted by Gasteiger charge is -2.25. The average molecular weight is 699 g/mol. The van der Waals surface area contributed by atoms with Gasteiger partial charge in [0.25, 0.3) is 0 Å². The van der Waals surface area contributed by atoms with Crippen LogP contribution in [0.15, 0.2) is 24.3 Å². The fraction of sp³-hybridized carbons (Fsp3) is 0.722. The molecule has 5 nitrogen and oxygen atoms in total. The topological polar surface area (TPSA) is 77.5 Å². The summed E-state index contributed by atoms with van der Waals surface area (Å²) in [7, 11) is 0. The van der Waals surface area contributed by atoms with Crippen molar-refractivity contribution in [2.75, 3.05) is 17.3 Å². The Morgan fingerprint density at radius 1 is 0.644 bits per heavy atom. The number of unbranched alkanes of at least 4 members (excludes halogenated alkanes) is 7. The number of carbonyl (C=O) groups is 4. The van der Waals surface area contributed by atoms with E-state index in [0.29, 0.717) is 30.4 Å². The van der Waals surface area contributed by atoms with Crippen molar-refractivity contribution < 1.29 is 23.9 Å². The molecule has 0 atom stereocenters. The van der Waals surface area contributed by atoms with Crippen LogP contribution in [0.25, 0.3) is 0 Å². The van der Waals surface area contributed by atoms with Gasteiger partial charge in [-0.05, 0) is 88.5 Å². The molecule has 0 aliphatic heterocycles. The van der Waals surface area contributed by atoms with Crippen molar-refractivity contribution in [2.45, 2.75) is 148 Å². The Hall–Kier alpha value is -0.900. The third kappa shape index (κ3) is 20.2. The minimum absolute atomic E-state index is 0.00903. The fourth-order valence-corrected chi connectivity index (χ4v) is 7.50. The zero-order valence-corrected chi connectivity index (χ0v) is 31.6. The molecule has 0 amide bonds. The van der Waals surface area contributed by atoms with Crippen LogP contribution in [0.1, 0.15) is 158 Å². The van der Waals surface area contributed by atoms with Crippen molar-refractivity contribution in [2.24, 2.45) is 0 Å². The Morgan fingerprint density at radius 2 is 1.09 bits per heavy atom. The van der Waals surface area contributed by atoms with Gasteiger partial charge in [-0.15, -0.1) is 0 Å². The molecule has 0 heterocycles. The van der Waals surface area contributed by atoms with Gasteiger partial charge in [-0.3, -0.25) is 19.2 Å². The number of benzene rings is 1. The highest BCUT2D eigenvalue weighted by molar-refractivity contribution is 8.14. The van der Waals surface area contributed by atoms with Gasteiger partial charge in [-0.25, -0.2) is 0 Å². The molecule has 0 N–H and O–H groups in total. The highest BCUT2D eigenvalue weighted by atomic mass is 32.2. The van der Waals surface area contributed by atoms with Gasteiger partial charge < -0.3 is 4.74 Å². The Kier molecular flexibility index (Phi) is 24.4. The maximum Gasteiger partial charge on any atom is 0.306 e. The molecule has 0 aliphatic carbocycles. The first-order valence-electron chi connectivity index (χ1n) is 17.2. The largest absolute Gasteiger partial charge is 0.462 e. The van der Waals surface area contributed by atoms with Crippen LogP contribution in [0.3, 0.4) is 0 Å². The van der Waals surface area contributed by atoms with E-state index < -0.39 is 0 Å². The van der Waals surface area contributed by atoms with Gasteiger partial charge in [0, 0.05) is 46.0 Å². The molecule has 1 aromatic rings. The van der Waals surface area contributed by atoms with Crippen molar-refractivity contribution in [3.05, 3.63) is 35.4 Å². The molecule has 0 spiro atoms. The lowest BCUT2D eigenvalue weighted by Crippen LogP contribution is -2.18. The molecular weight excluding hydrogens is 641 g/mol. The first kappa shape index (κ1) is 42.1. The highest BCUT2D eigenvalue weighted by Gasteiger charge is 2.19. The smallest absolute Gasteiger partial charge is 0.306 e. The summed E-state index contributed by atoms with van der Waals surface area (Å²) in [6.07, 6.45) is 15.9. The van der Waals surface area contributed by atoms with E-state index in [9.17, 15) is 19.2 Å². The van der Waals surface area contributed by atoms with Crippen molar-refractivity contribution in [1.82, 2.24) is 0 Å². The van der Waals surface area contributed by atoms with E-state index in [2.05, 4.69) is 13.8 Å². The molecular formula is C36H58O5S4. The summed E-state index contributed by atoms with van der Waals surface area (Å²) in [6.45, 7) is 8.45. The van der Waals surface area contributed by atoms with E-state index in [1.54, 1.807) is 24.3 Å². The van der Waals surface area contributed by atoms with Crippen molar-refractivity contribution in [3.63, 3.8) is 0 Å². The van der Waals surface area contributed by atoms with Crippen LogP contribution < -0.4 is 0 Å². The monoisotopic (exact) mass is 698 g/mol. The van der Waals surface area contributed by atoms with E-state index in [1.807, 2.05) is 13.8 Å². The number of thioether (sulfide) groups is 3. The van der Waals surface area contributed by atoms with Gasteiger partial charge in [-0.1, -0.05) is 95.1 Å². The zero-order chi connectivity index (χ0) is 33.3. The third-order valence-electron chi connectivity index (χ3n) is 8.20. The van der Waals surface area contributed by atoms with Crippen LogP contribution in [0.4, 0.5) is 0 Å². The fourth-order valence-electron chi connectivity index (χ4n) is 4.81. The zero-order valence-electron chi connectivity index (χ0n) is 28.2. The molecule has 256 valence electrons. The van der Waals surface area contributed by atoms with Crippen molar-refractivity contribution in [3.8, 4) is 0 Å². The van der Waals surface area contributed by atoms with Gasteiger partial charge in [0.1, 0.15) is 6.10 Å². The minimum atomic E-state index is -0.157. The molecule has 0 saturated heterocycles. The van der Waals surface area contributed by atoms with Crippen LogP contribution in [0.2, 0.25) is 0 Å². The Balaban J connectivity index is 2.07. The summed E-state index contributed by atoms with van der Waals surface area (Å²) in [4.78, 5) is 49.0. The number of ether oxygens (including phenoxy) is 1. The number of thiol groups is 1. The molecule has 0 aliphatic rings. The summed E-state index contributed by atoms with van der Waals surface area (Å²) >= 11 is 8.91. The summed E-state index contributed by atoms with van der Waals surface area (Å²) in [5.74, 6) is 2.26. The summed E-state index contributed by atoms with van der Waals surface area (Å²) in [5, 5.41) is 0.312. The summed E-state index contributed by atoms with van der Waals surface area (Å²) in [6, 6.07) is 7.07. The Bertz CT molecular complexity index is 974. The molecule has 1 aromatic carbocycles. The third-order valence-corrected chi connectivity index (χ3v) is 12.1. The molecule has 0 fully saturated rings. The minimum Gasteiger partial charge on any atom is -0.462 e. The van der Waals surface area contributed by atoms with Crippen LogP contribution in [-0.4, -0.2) is 49.4 Å². The Morgan fingerprint density at radius 3 is 1.56 bits per heavy atom. The number of rotatable bonds is 26. The van der Waals surface area contributed by atoms with E-state index in [-0.39, 0.29) is 32.2 Å². The van der Waals surface area contributed by atoms with E-state index in [4.69, 9.17) is 17.4 Å². The summed E-state index contributed by atoms with van der Waals surface area (Å²) < 4.78 is 5.57. The van der Waals surface area contributed by atoms with Gasteiger partial charge >= 0.3 is 5.97 Å². The maximum absolute atomic E-state index is 12.6. The molecule has 0 aromatic heterocycles. The van der Waals surface area contributed by atoms with Crippen molar-refractivity contribution >= 4 is 69.2 Å². The quantitative estimate of drug-likeness (QED) is 0.0582. The van der Waals surface area contributed by atoms with Crippen LogP contribution in [-0.2, 0) is 14.3 Å². The molecule has 0 bridgehead atoms. The second-order valence-electron chi connectivity index (χ2n) is 11.7. The standard InChI is InChI=1S/C36H58O5S4/c1-5-31(6-2)41-32(37)19-13-14-20-33(38)43-26-16-11-12-18-28-45-35(40)30-23-21-29(22-24-30)34(39)44-27-17-10-9-15-25-36(42,7-3)8-4/h21-24,31,42H,5-20,25-28H2,1-4H3. The normalized spacial score (nSPS) is 11.6. The molecule has 1 rings (SSSR count). The van der Waals surface area contributed by atoms with E-state index in [0.717, 1.165) is 94.3 Å². The SMILES string of the molecule is CCC(CC)OC(=O)CCCCC(=O)SCCCCCCSC(=O)c1ccc(C(=O)SCCCCCCC(S)(CC)CC)cc1. The predicted molar refractivity (Wildman–Crippen MR) is 200 cm³/mol. The molecule has 9 heteroatoms. The number of hydrogen-bond donors (Lipinski definition) is 1. The van der Waals surface area contributed by atoms with E-state index >= 15 is 0 Å². The van der Waals surface area contributed by atoms with Crippen LogP contribution in [0.5, 0.6) is 0 Å². The predicted octanol–water partition coefficient (Wildman–Crippen LogP) is 11.0. The first-order chi connectivity index (χ1) is 21.7. The molecule has 0 unspecified atom stereocenters. The number of carbonyl (C=O) groups excluding carboxylic acids is 4. The number of hydrogen-bond acceptors (Lipinski definition) is 9. The van der Waals surface area contributed by atoms with Crippen LogP contribution >= 0.6 is 47.9 Å². The Labute approximate surface area is 292 Å². The van der Waals surface area contributed by atoms with Gasteiger partial charge in [0.2, 0.25) is 10.2 Å². The first-order valence-corrected chi connectivity index (χ1v) is 20.6. The number of esters is 1. The lowest BCUT2D eigenvalue weighted by molar-refractivity contribution is -0.149. The van der Waals surface area contributed by atoms with Gasteiger partial charge in [0.05, 0.1) is 0 Å². The summed E-state index contributed by atoms with van der Waals surface area (Å²) in [5.41, 5.74) is 1.29.